The van der Waals surface area contributed by atoms with Gasteiger partial charge >= 0.3 is 6.01 Å². The van der Waals surface area contributed by atoms with Gasteiger partial charge in [-0.25, -0.2) is 0 Å². The molecule has 16 rings (SSSR count). The Labute approximate surface area is 454 Å². The van der Waals surface area contributed by atoms with Gasteiger partial charge in [-0.15, -0.1) is 0 Å². The average Bonchev–Trinajstić information content (AvgIpc) is 3.50. The first kappa shape index (κ1) is 50.4. The van der Waals surface area contributed by atoms with E-state index in [-0.39, 0.29) is 30.2 Å². The summed E-state index contributed by atoms with van der Waals surface area (Å²) in [5, 5.41) is 3.11. The van der Waals surface area contributed by atoms with Crippen LogP contribution in [0.15, 0.2) is 97.5 Å². The third-order valence-corrected chi connectivity index (χ3v) is 19.6. The fourth-order valence-corrected chi connectivity index (χ4v) is 15.4. The van der Waals surface area contributed by atoms with E-state index in [0.29, 0.717) is 47.3 Å². The third kappa shape index (κ3) is 9.51. The molecule has 0 saturated carbocycles. The maximum atomic E-state index is 7.66. The Balaban J connectivity index is 0.976. The van der Waals surface area contributed by atoms with Crippen LogP contribution in [0.1, 0.15) is 119 Å². The third-order valence-electron chi connectivity index (χ3n) is 19.6. The van der Waals surface area contributed by atoms with Gasteiger partial charge in [0.15, 0.2) is 0 Å². The van der Waals surface area contributed by atoms with Crippen molar-refractivity contribution >= 4 is 32.7 Å². The molecule has 3 aromatic carbocycles. The highest BCUT2D eigenvalue weighted by molar-refractivity contribution is 5.85. The lowest BCUT2D eigenvalue weighted by molar-refractivity contribution is -0.0552. The van der Waals surface area contributed by atoms with Crippen LogP contribution in [0.5, 0.6) is 29.3 Å². The smallest absolute Gasteiger partial charge is 0.323 e. The minimum Gasteiger partial charge on any atom is -0.497 e. The Hall–Kier alpha value is -6.15. The zero-order valence-electron chi connectivity index (χ0n) is 45.9. The predicted molar refractivity (Wildman–Crippen MR) is 301 cm³/mol. The number of piperidine rings is 9. The van der Waals surface area contributed by atoms with Crippen LogP contribution >= 0.6 is 0 Å². The van der Waals surface area contributed by atoms with E-state index in [9.17, 15) is 0 Å². The first-order valence-electron chi connectivity index (χ1n) is 29.1. The number of aryl methyl sites for hydroxylation is 1. The van der Waals surface area contributed by atoms with Crippen molar-refractivity contribution in [3.05, 3.63) is 120 Å². The largest absolute Gasteiger partial charge is 0.497 e. The summed E-state index contributed by atoms with van der Waals surface area (Å²) < 4.78 is 34.6. The molecular weight excluding hydrogens is 961 g/mol. The molecule has 15 atom stereocenters. The van der Waals surface area contributed by atoms with E-state index in [1.54, 1.807) is 14.2 Å². The van der Waals surface area contributed by atoms with Gasteiger partial charge in [0.2, 0.25) is 11.8 Å². The van der Waals surface area contributed by atoms with E-state index >= 15 is 0 Å². The summed E-state index contributed by atoms with van der Waals surface area (Å²) in [7, 11) is 3.45. The highest BCUT2D eigenvalue weighted by Crippen LogP contribution is 2.49. The second-order valence-corrected chi connectivity index (χ2v) is 23.5. The van der Waals surface area contributed by atoms with Crippen molar-refractivity contribution in [2.75, 3.05) is 53.5 Å². The Morgan fingerprint density at radius 3 is 1.25 bits per heavy atom. The fourth-order valence-electron chi connectivity index (χ4n) is 15.4. The molecular formula is C64H76N8O5. The molecule has 0 aliphatic carbocycles. The van der Waals surface area contributed by atoms with E-state index < -0.39 is 12.2 Å². The van der Waals surface area contributed by atoms with Crippen molar-refractivity contribution in [3.63, 3.8) is 0 Å². The molecule has 13 nitrogen and oxygen atoms in total. The lowest BCUT2D eigenvalue weighted by atomic mass is 9.72. The number of benzene rings is 3. The lowest BCUT2D eigenvalue weighted by Crippen LogP contribution is -2.56. The molecule has 13 heterocycles. The zero-order chi connectivity index (χ0) is 52.3. The maximum Gasteiger partial charge on any atom is 0.323 e. The van der Waals surface area contributed by atoms with E-state index in [0.717, 1.165) is 119 Å². The Morgan fingerprint density at radius 2 is 0.870 bits per heavy atom. The highest BCUT2D eigenvalue weighted by atomic mass is 16.5. The monoisotopic (exact) mass is 1040 g/mol. The van der Waals surface area contributed by atoms with Gasteiger partial charge in [0.1, 0.15) is 29.8 Å². The van der Waals surface area contributed by atoms with Crippen molar-refractivity contribution in [1.82, 2.24) is 39.6 Å². The van der Waals surface area contributed by atoms with Gasteiger partial charge in [-0.2, -0.15) is 9.97 Å². The Kier molecular flexibility index (Phi) is 13.9. The number of nitrogens with zero attached hydrogens (tertiary/aromatic N) is 8. The zero-order valence-corrected chi connectivity index (χ0v) is 45.9. The number of hydrogen-bond donors (Lipinski definition) is 0. The second-order valence-electron chi connectivity index (χ2n) is 23.5. The molecule has 8 unspecified atom stereocenters. The average molecular weight is 1040 g/mol. The molecule has 0 spiro atoms. The van der Waals surface area contributed by atoms with E-state index in [4.69, 9.17) is 48.6 Å². The van der Waals surface area contributed by atoms with Crippen LogP contribution in [0.4, 0.5) is 0 Å². The van der Waals surface area contributed by atoms with Crippen molar-refractivity contribution < 1.29 is 23.7 Å². The first-order valence-corrected chi connectivity index (χ1v) is 29.1. The molecule has 9 aliphatic rings. The molecule has 0 radical (unpaired) electrons. The number of rotatable bonds is 17. The minimum absolute atomic E-state index is 0.0742. The summed E-state index contributed by atoms with van der Waals surface area (Å²) in [6.07, 6.45) is 14.8. The number of fused-ring (bicyclic) bond motifs is 12. The molecule has 402 valence electrons. The van der Waals surface area contributed by atoms with Crippen molar-refractivity contribution in [1.29, 1.82) is 0 Å². The van der Waals surface area contributed by atoms with Gasteiger partial charge in [0.05, 0.1) is 55.0 Å². The molecule has 6 bridgehead atoms. The Bertz CT molecular complexity index is 3120. The van der Waals surface area contributed by atoms with Crippen molar-refractivity contribution in [3.8, 4) is 29.3 Å². The molecule has 9 saturated heterocycles. The van der Waals surface area contributed by atoms with Crippen LogP contribution in [0.2, 0.25) is 0 Å². The maximum absolute atomic E-state index is 7.66. The van der Waals surface area contributed by atoms with Gasteiger partial charge in [0, 0.05) is 71.1 Å². The second kappa shape index (κ2) is 21.2. The van der Waals surface area contributed by atoms with Crippen molar-refractivity contribution in [2.24, 2.45) is 35.5 Å². The SMILES string of the molecule is CC[C@@H]1CN2CCC1C[C@@H]2C(Oc1cc(O[C@@H](c2ccnc3ccc(C)cc23)[C@@H]2CC3CCN2C[C@@H]3CC)nc(OC(c2ccnc3ccc(OC)cc23)[C@H]2CC3CCN2C[C@H]3CC)n1)c1ccnc2ccc(OC)cc12. The number of ether oxygens (including phenoxy) is 5. The van der Waals surface area contributed by atoms with E-state index in [1.807, 2.05) is 48.9 Å². The molecule has 9 fully saturated rings. The summed E-state index contributed by atoms with van der Waals surface area (Å²) in [5.41, 5.74) is 7.13. The lowest BCUT2D eigenvalue weighted by Gasteiger charge is -2.52. The van der Waals surface area contributed by atoms with Gasteiger partial charge in [-0.1, -0.05) is 51.7 Å². The van der Waals surface area contributed by atoms with Gasteiger partial charge in [0.25, 0.3) is 0 Å². The fraction of sp³-hybridized carbons (Fsp3) is 0.516. The topological polar surface area (TPSA) is 120 Å². The number of pyridine rings is 3. The van der Waals surface area contributed by atoms with Crippen LogP contribution in [0.25, 0.3) is 32.7 Å². The Morgan fingerprint density at radius 1 is 0.481 bits per heavy atom. The molecule has 0 N–H and O–H groups in total. The number of methoxy groups -OCH3 is 2. The van der Waals surface area contributed by atoms with E-state index in [2.05, 4.69) is 90.9 Å². The normalized spacial score (nSPS) is 29.6. The highest BCUT2D eigenvalue weighted by Gasteiger charge is 2.48. The number of aromatic nitrogens is 5. The summed E-state index contributed by atoms with van der Waals surface area (Å²) in [5.74, 6) is 6.24. The van der Waals surface area contributed by atoms with Crippen LogP contribution < -0.4 is 23.7 Å². The summed E-state index contributed by atoms with van der Waals surface area (Å²) in [4.78, 5) is 33.5. The molecule has 13 heteroatoms. The van der Waals surface area contributed by atoms with Crippen LogP contribution in [0, 0.1) is 42.4 Å². The van der Waals surface area contributed by atoms with Gasteiger partial charge in [-0.05, 0) is 167 Å². The standard InChI is InChI=1S/C64H76N8O5/c1-7-39-35-70-25-19-42(39)29-56(70)61(47-16-22-65-53-13-10-38(4)28-50(47)53)75-59-34-60(76-62(57-30-43-20-26-71(57)36-40(43)8-2)48-17-23-66-54-14-11-45(73-5)32-51(48)54)69-64(68-59)77-63(58-31-44-21-27-72(58)37-41(44)9-3)49-18-24-67-55-15-12-46(74-6)33-52(49)55/h10-18,22-24,28,32-34,39-44,56-58,61-63H,7-9,19-21,25-27,29-31,35-37H2,1-6H3/t39-,40+,41+,42?,43?,44?,56-,57+,58+,61-,62?,63?/m0/s1. The van der Waals surface area contributed by atoms with Gasteiger partial charge < -0.3 is 23.7 Å². The molecule has 9 aliphatic heterocycles. The quantitative estimate of drug-likeness (QED) is 0.0861. The summed E-state index contributed by atoms with van der Waals surface area (Å²) in [6.45, 7) is 15.5. The summed E-state index contributed by atoms with van der Waals surface area (Å²) >= 11 is 0. The summed E-state index contributed by atoms with van der Waals surface area (Å²) in [6, 6.07) is 27.7. The number of hydrogen-bond acceptors (Lipinski definition) is 13. The van der Waals surface area contributed by atoms with Crippen LogP contribution in [0.3, 0.4) is 0 Å². The van der Waals surface area contributed by atoms with E-state index in [1.165, 1.54) is 44.1 Å². The van der Waals surface area contributed by atoms with Crippen LogP contribution in [-0.2, 0) is 0 Å². The van der Waals surface area contributed by atoms with Gasteiger partial charge in [-0.3, -0.25) is 29.7 Å². The molecule has 4 aromatic heterocycles. The first-order chi connectivity index (χ1) is 37.8. The molecule has 0 amide bonds. The predicted octanol–water partition coefficient (Wildman–Crippen LogP) is 12.2. The van der Waals surface area contributed by atoms with Crippen LogP contribution in [-0.4, -0.2) is 111 Å². The van der Waals surface area contributed by atoms with Crippen molar-refractivity contribution in [2.45, 2.75) is 122 Å². The molecule has 7 aromatic rings. The minimum atomic E-state index is -0.441. The molecule has 77 heavy (non-hydrogen) atoms.